The maximum atomic E-state index is 9.99. The summed E-state index contributed by atoms with van der Waals surface area (Å²) < 4.78 is 11.2. The minimum Gasteiger partial charge on any atom is -0.508 e. The van der Waals surface area contributed by atoms with Crippen molar-refractivity contribution >= 4 is 5.69 Å². The number of ether oxygens (including phenoxy) is 2. The fraction of sp³-hybridized carbons (Fsp3) is 0.227. The van der Waals surface area contributed by atoms with Crippen molar-refractivity contribution in [3.63, 3.8) is 0 Å². The molecule has 7 nitrogen and oxygen atoms in total. The number of aliphatic hydroxyl groups is 1. The van der Waals surface area contributed by atoms with Crippen molar-refractivity contribution in [2.45, 2.75) is 12.5 Å². The lowest BCUT2D eigenvalue weighted by Crippen LogP contribution is -2.32. The first-order valence-corrected chi connectivity index (χ1v) is 9.38. The molecule has 0 unspecified atom stereocenters. The molecule has 0 aliphatic rings. The van der Waals surface area contributed by atoms with Crippen LogP contribution in [-0.2, 0) is 6.42 Å². The third kappa shape index (κ3) is 6.67. The van der Waals surface area contributed by atoms with Crippen LogP contribution in [-0.4, -0.2) is 41.0 Å². The number of aromatic nitrogens is 1. The molecule has 1 aromatic heterocycles. The third-order valence-electron chi connectivity index (χ3n) is 4.19. The number of aliphatic hydroxyl groups excluding tert-OH is 1. The Hall–Kier alpha value is -3.29. The van der Waals surface area contributed by atoms with Crippen LogP contribution in [0.25, 0.3) is 0 Å². The van der Waals surface area contributed by atoms with E-state index < -0.39 is 6.10 Å². The lowest BCUT2D eigenvalue weighted by atomic mass is 10.1. The molecule has 2 aromatic carbocycles. The van der Waals surface area contributed by atoms with Gasteiger partial charge >= 0.3 is 0 Å². The largest absolute Gasteiger partial charge is 0.508 e. The van der Waals surface area contributed by atoms with Crippen LogP contribution in [0.2, 0.25) is 0 Å². The molecule has 7 heteroatoms. The zero-order valence-electron chi connectivity index (χ0n) is 16.0. The molecule has 29 heavy (non-hydrogen) atoms. The van der Waals surface area contributed by atoms with Gasteiger partial charge in [0.05, 0.1) is 5.69 Å². The molecule has 0 fully saturated rings. The van der Waals surface area contributed by atoms with E-state index in [0.29, 0.717) is 29.6 Å². The van der Waals surface area contributed by atoms with Crippen molar-refractivity contribution in [2.24, 2.45) is 0 Å². The highest BCUT2D eigenvalue weighted by Crippen LogP contribution is 2.24. The van der Waals surface area contributed by atoms with Crippen LogP contribution in [0.1, 0.15) is 5.56 Å². The molecule has 0 bridgehead atoms. The second-order valence-electron chi connectivity index (χ2n) is 6.56. The van der Waals surface area contributed by atoms with E-state index in [-0.39, 0.29) is 12.4 Å². The van der Waals surface area contributed by atoms with Gasteiger partial charge in [-0.15, -0.1) is 0 Å². The summed E-state index contributed by atoms with van der Waals surface area (Å²) in [5.41, 5.74) is 7.47. The highest BCUT2D eigenvalue weighted by molar-refractivity contribution is 5.48. The van der Waals surface area contributed by atoms with Crippen molar-refractivity contribution in [1.82, 2.24) is 10.3 Å². The van der Waals surface area contributed by atoms with Gasteiger partial charge in [0.15, 0.2) is 0 Å². The van der Waals surface area contributed by atoms with Gasteiger partial charge in [0.1, 0.15) is 30.0 Å². The average molecular weight is 395 g/mol. The Kier molecular flexibility index (Phi) is 7.27. The number of phenolic OH excluding ortho intramolecular Hbond substituents is 1. The molecule has 152 valence electrons. The van der Waals surface area contributed by atoms with Crippen LogP contribution in [0.5, 0.6) is 23.1 Å². The van der Waals surface area contributed by atoms with Crippen LogP contribution >= 0.6 is 0 Å². The summed E-state index contributed by atoms with van der Waals surface area (Å²) >= 11 is 0. The van der Waals surface area contributed by atoms with Gasteiger partial charge in [0.25, 0.3) is 0 Å². The molecule has 1 heterocycles. The number of nitrogens with two attached hydrogens (primary N) is 1. The zero-order valence-corrected chi connectivity index (χ0v) is 16.0. The van der Waals surface area contributed by atoms with Crippen molar-refractivity contribution in [3.8, 4) is 23.1 Å². The average Bonchev–Trinajstić information content (AvgIpc) is 2.73. The molecule has 0 saturated carbocycles. The van der Waals surface area contributed by atoms with Gasteiger partial charge in [-0.05, 0) is 67.1 Å². The summed E-state index contributed by atoms with van der Waals surface area (Å²) in [5.74, 6) is 1.86. The van der Waals surface area contributed by atoms with Crippen molar-refractivity contribution < 1.29 is 19.7 Å². The second-order valence-corrected chi connectivity index (χ2v) is 6.56. The summed E-state index contributed by atoms with van der Waals surface area (Å²) in [6.45, 7) is 1.34. The van der Waals surface area contributed by atoms with E-state index in [2.05, 4.69) is 10.3 Å². The van der Waals surface area contributed by atoms with Crippen molar-refractivity contribution in [3.05, 3.63) is 72.4 Å². The van der Waals surface area contributed by atoms with E-state index in [9.17, 15) is 10.2 Å². The number of phenols is 1. The fourth-order valence-corrected chi connectivity index (χ4v) is 2.62. The Morgan fingerprint density at radius 3 is 2.45 bits per heavy atom. The fourth-order valence-electron chi connectivity index (χ4n) is 2.62. The Labute approximate surface area is 169 Å². The number of nitrogen functional groups attached to an aromatic ring is 1. The van der Waals surface area contributed by atoms with E-state index in [1.807, 2.05) is 24.3 Å². The van der Waals surface area contributed by atoms with Gasteiger partial charge in [-0.3, -0.25) is 0 Å². The summed E-state index contributed by atoms with van der Waals surface area (Å²) in [6.07, 6.45) is 1.83. The molecular weight excluding hydrogens is 370 g/mol. The Morgan fingerprint density at radius 1 is 1.00 bits per heavy atom. The first-order valence-electron chi connectivity index (χ1n) is 9.38. The Balaban J connectivity index is 1.35. The summed E-state index contributed by atoms with van der Waals surface area (Å²) in [6, 6.07) is 17.6. The number of nitrogens with one attached hydrogen (secondary N) is 1. The summed E-state index contributed by atoms with van der Waals surface area (Å²) in [4.78, 5) is 4.11. The van der Waals surface area contributed by atoms with Gasteiger partial charge in [0.2, 0.25) is 5.88 Å². The second kappa shape index (κ2) is 10.3. The van der Waals surface area contributed by atoms with Gasteiger partial charge in [-0.25, -0.2) is 4.98 Å². The number of hydrogen-bond donors (Lipinski definition) is 4. The van der Waals surface area contributed by atoms with Gasteiger partial charge in [-0.1, -0.05) is 12.1 Å². The molecule has 3 aromatic rings. The lowest BCUT2D eigenvalue weighted by Gasteiger charge is -2.13. The molecule has 3 rings (SSSR count). The number of rotatable bonds is 10. The SMILES string of the molecule is Nc1cccnc1Oc1ccc(CCNC[C@H](O)COc2ccc(O)cc2)cc1. The predicted molar refractivity (Wildman–Crippen MR) is 111 cm³/mol. The standard InChI is InChI=1S/C22H25N3O4/c23-21-2-1-12-25-22(21)29-20-7-3-16(4-8-20)11-13-24-14-18(27)15-28-19-9-5-17(26)6-10-19/h1-10,12,18,24,26-27H,11,13-15,23H2/t18-/m0/s1. The number of aromatic hydroxyl groups is 1. The smallest absolute Gasteiger partial charge is 0.242 e. The molecule has 0 aliphatic heterocycles. The quantitative estimate of drug-likeness (QED) is 0.391. The van der Waals surface area contributed by atoms with Crippen molar-refractivity contribution in [1.29, 1.82) is 0 Å². The monoisotopic (exact) mass is 395 g/mol. The van der Waals surface area contributed by atoms with E-state index >= 15 is 0 Å². The number of nitrogens with zero attached hydrogens (tertiary/aromatic N) is 1. The first kappa shape index (κ1) is 20.4. The molecule has 1 atom stereocenters. The van der Waals surface area contributed by atoms with E-state index in [4.69, 9.17) is 15.2 Å². The topological polar surface area (TPSA) is 110 Å². The van der Waals surface area contributed by atoms with E-state index in [1.165, 1.54) is 0 Å². The maximum Gasteiger partial charge on any atom is 0.242 e. The molecule has 0 aliphatic carbocycles. The van der Waals surface area contributed by atoms with Crippen LogP contribution < -0.4 is 20.5 Å². The number of benzene rings is 2. The number of anilines is 1. The lowest BCUT2D eigenvalue weighted by molar-refractivity contribution is 0.106. The van der Waals surface area contributed by atoms with Crippen LogP contribution in [0.15, 0.2) is 66.9 Å². The van der Waals surface area contributed by atoms with Gasteiger partial charge in [0, 0.05) is 12.7 Å². The first-order chi connectivity index (χ1) is 14.1. The number of pyridine rings is 1. The molecule has 5 N–H and O–H groups in total. The minimum absolute atomic E-state index is 0.181. The molecule has 0 spiro atoms. The third-order valence-corrected chi connectivity index (χ3v) is 4.19. The van der Waals surface area contributed by atoms with E-state index in [0.717, 1.165) is 18.5 Å². The maximum absolute atomic E-state index is 9.99. The molecule has 0 amide bonds. The number of hydrogen-bond acceptors (Lipinski definition) is 7. The Morgan fingerprint density at radius 2 is 1.72 bits per heavy atom. The molecule has 0 saturated heterocycles. The summed E-state index contributed by atoms with van der Waals surface area (Å²) in [5, 5.41) is 22.4. The predicted octanol–water partition coefficient (Wildman–Crippen LogP) is 2.73. The highest BCUT2D eigenvalue weighted by atomic mass is 16.5. The summed E-state index contributed by atoms with van der Waals surface area (Å²) in [7, 11) is 0. The minimum atomic E-state index is -0.622. The van der Waals surface area contributed by atoms with Crippen molar-refractivity contribution in [2.75, 3.05) is 25.4 Å². The zero-order chi connectivity index (χ0) is 20.5. The normalized spacial score (nSPS) is 11.8. The molecular formula is C22H25N3O4. The molecule has 0 radical (unpaired) electrons. The Bertz CT molecular complexity index is 885. The highest BCUT2D eigenvalue weighted by Gasteiger charge is 2.06. The van der Waals surface area contributed by atoms with Gasteiger partial charge < -0.3 is 30.7 Å². The van der Waals surface area contributed by atoms with Crippen LogP contribution in [0.4, 0.5) is 5.69 Å². The van der Waals surface area contributed by atoms with E-state index in [1.54, 1.807) is 42.6 Å². The van der Waals surface area contributed by atoms with Crippen LogP contribution in [0.3, 0.4) is 0 Å². The van der Waals surface area contributed by atoms with Gasteiger partial charge in [-0.2, -0.15) is 0 Å². The van der Waals surface area contributed by atoms with Crippen LogP contribution in [0, 0.1) is 0 Å².